The van der Waals surface area contributed by atoms with E-state index in [2.05, 4.69) is 61.1 Å². The highest BCUT2D eigenvalue weighted by atomic mass is 16.3. The van der Waals surface area contributed by atoms with Crippen molar-refractivity contribution in [1.82, 2.24) is 0 Å². The van der Waals surface area contributed by atoms with Crippen LogP contribution in [-0.4, -0.2) is 17.0 Å². The van der Waals surface area contributed by atoms with E-state index in [0.29, 0.717) is 29.5 Å². The van der Waals surface area contributed by atoms with Crippen molar-refractivity contribution in [1.29, 1.82) is 0 Å². The van der Waals surface area contributed by atoms with Gasteiger partial charge in [-0.3, -0.25) is 4.79 Å². The Bertz CT molecular complexity index is 821. The maximum atomic E-state index is 12.8. The van der Waals surface area contributed by atoms with Crippen LogP contribution in [0.5, 0.6) is 0 Å². The first-order chi connectivity index (χ1) is 14.8. The topological polar surface area (TPSA) is 37.3 Å². The van der Waals surface area contributed by atoms with Crippen molar-refractivity contribution in [3.63, 3.8) is 0 Å². The Morgan fingerprint density at radius 2 is 1.72 bits per heavy atom. The van der Waals surface area contributed by atoms with Gasteiger partial charge in [-0.25, -0.2) is 0 Å². The third kappa shape index (κ3) is 3.25. The van der Waals surface area contributed by atoms with E-state index in [4.69, 9.17) is 0 Å². The van der Waals surface area contributed by atoms with Crippen molar-refractivity contribution in [3.8, 4) is 0 Å². The Labute approximate surface area is 197 Å². The van der Waals surface area contributed by atoms with Crippen LogP contribution in [0.2, 0.25) is 0 Å². The van der Waals surface area contributed by atoms with Crippen molar-refractivity contribution >= 4 is 5.78 Å². The van der Waals surface area contributed by atoms with Gasteiger partial charge in [0.1, 0.15) is 5.78 Å². The smallest absolute Gasteiger partial charge is 0.138 e. The fourth-order valence-corrected chi connectivity index (χ4v) is 9.87. The summed E-state index contributed by atoms with van der Waals surface area (Å²) in [7, 11) is 0. The van der Waals surface area contributed by atoms with Gasteiger partial charge in [0.15, 0.2) is 0 Å². The van der Waals surface area contributed by atoms with Crippen LogP contribution < -0.4 is 0 Å². The molecule has 4 fully saturated rings. The minimum atomic E-state index is -0.225. The van der Waals surface area contributed by atoms with E-state index >= 15 is 0 Å². The van der Waals surface area contributed by atoms with Gasteiger partial charge in [0.2, 0.25) is 0 Å². The van der Waals surface area contributed by atoms with Crippen LogP contribution in [0.3, 0.4) is 0 Å². The molecular weight excluding hydrogens is 392 g/mol. The molecule has 2 heteroatoms. The molecule has 0 aliphatic heterocycles. The second kappa shape index (κ2) is 7.82. The number of aliphatic hydroxyl groups excluding tert-OH is 1. The number of rotatable bonds is 4. The number of hydrogen-bond acceptors (Lipinski definition) is 2. The molecule has 180 valence electrons. The first-order valence-corrected chi connectivity index (χ1v) is 13.3. The number of Topliss-reactive ketones (excluding diaryl/α,β-unsaturated/α-hetero) is 1. The van der Waals surface area contributed by atoms with Gasteiger partial charge in [-0.15, -0.1) is 6.58 Å². The molecule has 4 rings (SSSR count). The van der Waals surface area contributed by atoms with Gasteiger partial charge in [-0.2, -0.15) is 0 Å². The summed E-state index contributed by atoms with van der Waals surface area (Å²) >= 11 is 0. The van der Waals surface area contributed by atoms with E-state index < -0.39 is 0 Å². The molecule has 32 heavy (non-hydrogen) atoms. The summed E-state index contributed by atoms with van der Waals surface area (Å²) in [5.74, 6) is 2.51. The molecule has 4 saturated carbocycles. The summed E-state index contributed by atoms with van der Waals surface area (Å²) in [4.78, 5) is 12.8. The lowest BCUT2D eigenvalue weighted by Gasteiger charge is -2.68. The Morgan fingerprint density at radius 3 is 2.38 bits per heavy atom. The van der Waals surface area contributed by atoms with Crippen molar-refractivity contribution in [2.24, 2.45) is 45.3 Å². The monoisotopic (exact) mass is 440 g/mol. The second-order valence-corrected chi connectivity index (χ2v) is 13.6. The van der Waals surface area contributed by atoms with Gasteiger partial charge in [0.25, 0.3) is 0 Å². The Hall–Kier alpha value is -0.890. The van der Waals surface area contributed by atoms with Crippen LogP contribution in [0.15, 0.2) is 23.8 Å². The molecule has 0 spiro atoms. The van der Waals surface area contributed by atoms with Gasteiger partial charge < -0.3 is 5.11 Å². The summed E-state index contributed by atoms with van der Waals surface area (Å²) in [5, 5.41) is 11.4. The molecule has 0 bridgehead atoms. The fraction of sp³-hybridized carbons (Fsp3) is 0.833. The quantitative estimate of drug-likeness (QED) is 0.459. The predicted molar refractivity (Wildman–Crippen MR) is 133 cm³/mol. The van der Waals surface area contributed by atoms with Crippen LogP contribution >= 0.6 is 0 Å². The van der Waals surface area contributed by atoms with E-state index in [1.807, 2.05) is 0 Å². The molecular formula is C30H48O2. The number of allylic oxidation sites excluding steroid dienone is 2. The zero-order valence-corrected chi connectivity index (χ0v) is 21.9. The average Bonchev–Trinajstić information content (AvgIpc) is 2.96. The van der Waals surface area contributed by atoms with Crippen LogP contribution in [0.25, 0.3) is 0 Å². The van der Waals surface area contributed by atoms with Crippen LogP contribution in [0, 0.1) is 45.3 Å². The molecule has 0 aromatic carbocycles. The fourth-order valence-electron chi connectivity index (χ4n) is 9.87. The number of hydrogen-bond donors (Lipinski definition) is 1. The van der Waals surface area contributed by atoms with Gasteiger partial charge >= 0.3 is 0 Å². The molecule has 0 aromatic heterocycles. The van der Waals surface area contributed by atoms with E-state index in [1.54, 1.807) is 0 Å². The molecule has 8 atom stereocenters. The number of fused-ring (bicyclic) bond motifs is 5. The highest BCUT2D eigenvalue weighted by Crippen LogP contribution is 2.75. The Kier molecular flexibility index (Phi) is 5.93. The molecule has 4 aliphatic carbocycles. The predicted octanol–water partition coefficient (Wildman–Crippen LogP) is 7.51. The third-order valence-corrected chi connectivity index (χ3v) is 11.7. The van der Waals surface area contributed by atoms with Crippen molar-refractivity contribution in [2.75, 3.05) is 0 Å². The van der Waals surface area contributed by atoms with Gasteiger partial charge in [0, 0.05) is 17.8 Å². The van der Waals surface area contributed by atoms with Crippen molar-refractivity contribution < 1.29 is 9.90 Å². The first kappa shape index (κ1) is 24.2. The molecule has 0 aromatic rings. The molecule has 0 unspecified atom stereocenters. The van der Waals surface area contributed by atoms with Gasteiger partial charge in [0.05, 0.1) is 6.10 Å². The number of carbonyl (C=O) groups is 1. The molecule has 0 saturated heterocycles. The minimum Gasteiger partial charge on any atom is -0.392 e. The van der Waals surface area contributed by atoms with E-state index in [-0.39, 0.29) is 27.8 Å². The molecule has 0 amide bonds. The van der Waals surface area contributed by atoms with Crippen LogP contribution in [-0.2, 0) is 4.79 Å². The number of carbonyl (C=O) groups excluding carboxylic acids is 1. The Balaban J connectivity index is 1.66. The minimum absolute atomic E-state index is 0.170. The molecule has 0 heterocycles. The normalized spacial score (nSPS) is 48.1. The lowest BCUT2D eigenvalue weighted by Crippen LogP contribution is -2.63. The van der Waals surface area contributed by atoms with Gasteiger partial charge in [-0.1, -0.05) is 51.8 Å². The largest absolute Gasteiger partial charge is 0.392 e. The summed E-state index contributed by atoms with van der Waals surface area (Å²) < 4.78 is 0. The van der Waals surface area contributed by atoms with Gasteiger partial charge in [-0.05, 0) is 99.2 Å². The maximum absolute atomic E-state index is 12.8. The zero-order chi connectivity index (χ0) is 23.7. The first-order valence-electron chi connectivity index (χ1n) is 13.3. The third-order valence-electron chi connectivity index (χ3n) is 11.7. The summed E-state index contributed by atoms with van der Waals surface area (Å²) in [6.45, 7) is 20.5. The van der Waals surface area contributed by atoms with E-state index in [0.717, 1.165) is 32.1 Å². The summed E-state index contributed by atoms with van der Waals surface area (Å²) in [6.07, 6.45) is 11.8. The lowest BCUT2D eigenvalue weighted by molar-refractivity contribution is -0.201. The lowest BCUT2D eigenvalue weighted by atomic mass is 9.35. The SMILES string of the molecule is C=C(C)CC/C=C(/C)[C@@H]1[C@H]2CC[C@@H]3[C@@]4(C)CCC(=O)C(C)(C)[C@@H]4CC[C@@]3(C)[C@]2(C)C[C@@H]1O. The van der Waals surface area contributed by atoms with E-state index in [9.17, 15) is 9.90 Å². The molecule has 0 radical (unpaired) electrons. The molecule has 2 nitrogen and oxygen atoms in total. The van der Waals surface area contributed by atoms with Crippen molar-refractivity contribution in [3.05, 3.63) is 23.8 Å². The van der Waals surface area contributed by atoms with Crippen LogP contribution in [0.4, 0.5) is 0 Å². The standard InChI is InChI=1S/C30H48O2/c1-19(2)10-9-11-20(3)26-21-12-13-24-28(6)16-15-25(32)27(4,5)23(28)14-17-29(24,7)30(21,8)18-22(26)31/h11,21-24,26,31H,1,9-10,12-18H2,2-8H3/b20-11-/t21-,22+,23+,24-,26-,28+,29-,30-/m1/s1. The highest BCUT2D eigenvalue weighted by Gasteiger charge is 2.69. The second-order valence-electron chi connectivity index (χ2n) is 13.6. The molecule has 4 aliphatic rings. The van der Waals surface area contributed by atoms with E-state index in [1.165, 1.54) is 36.8 Å². The number of ketones is 1. The molecule has 1 N–H and O–H groups in total. The summed E-state index contributed by atoms with van der Waals surface area (Å²) in [5.41, 5.74) is 3.10. The summed E-state index contributed by atoms with van der Waals surface area (Å²) in [6, 6.07) is 0. The zero-order valence-electron chi connectivity index (χ0n) is 21.9. The average molecular weight is 441 g/mol. The Morgan fingerprint density at radius 1 is 1.03 bits per heavy atom. The maximum Gasteiger partial charge on any atom is 0.138 e. The van der Waals surface area contributed by atoms with Crippen molar-refractivity contribution in [2.45, 2.75) is 112 Å². The highest BCUT2D eigenvalue weighted by molar-refractivity contribution is 5.85. The van der Waals surface area contributed by atoms with Crippen LogP contribution in [0.1, 0.15) is 106 Å². The number of aliphatic hydroxyl groups is 1.